The Kier molecular flexibility index (Phi) is 4.63. The van der Waals surface area contributed by atoms with Crippen LogP contribution in [0.4, 0.5) is 14.5 Å². The highest BCUT2D eigenvalue weighted by atomic mass is 19.1. The molecule has 2 aromatic rings. The quantitative estimate of drug-likeness (QED) is 0.594. The van der Waals surface area contributed by atoms with Crippen molar-refractivity contribution in [3.05, 3.63) is 73.0 Å². The number of halogens is 2. The van der Waals surface area contributed by atoms with Crippen molar-refractivity contribution >= 4 is 5.69 Å². The number of nitrogens with one attached hydrogen (secondary N) is 2. The first kappa shape index (κ1) is 14.2. The third kappa shape index (κ3) is 4.50. The fraction of sp³-hybridized carbons (Fsp3) is 0. The fourth-order valence-corrected chi connectivity index (χ4v) is 0.973. The van der Waals surface area contributed by atoms with Crippen molar-refractivity contribution in [2.75, 3.05) is 0 Å². The van der Waals surface area contributed by atoms with E-state index in [2.05, 4.69) is 4.98 Å². The van der Waals surface area contributed by atoms with E-state index < -0.39 is 27.8 Å². The first-order chi connectivity index (χ1) is 8.90. The van der Waals surface area contributed by atoms with Gasteiger partial charge in [0.2, 0.25) is 5.56 Å². The Bertz CT molecular complexity index is 675. The molecule has 0 aromatic carbocycles. The molecule has 2 rings (SSSR count). The third-order valence-corrected chi connectivity index (χ3v) is 1.79. The molecule has 2 aromatic heterocycles. The molecule has 0 amide bonds. The average Bonchev–Trinajstić information content (AvgIpc) is 2.36. The summed E-state index contributed by atoms with van der Waals surface area (Å²) in [5.74, 6) is -1.26. The molecule has 0 spiro atoms. The Morgan fingerprint density at radius 2 is 1.68 bits per heavy atom. The summed E-state index contributed by atoms with van der Waals surface area (Å²) in [5.41, 5.74) is -1.98. The zero-order valence-corrected chi connectivity index (χ0v) is 9.22. The summed E-state index contributed by atoms with van der Waals surface area (Å²) in [4.78, 5) is 33.8. The number of nitrogens with zero attached hydrogens (tertiary/aromatic N) is 1. The predicted octanol–water partition coefficient (Wildman–Crippen LogP) is 0.936. The minimum absolute atomic E-state index is 0.286. The lowest BCUT2D eigenvalue weighted by atomic mass is 10.4. The van der Waals surface area contributed by atoms with Crippen molar-refractivity contribution < 1.29 is 13.7 Å². The monoisotopic (exact) mass is 271 g/mol. The number of hydrogen-bond acceptors (Lipinski definition) is 4. The Morgan fingerprint density at radius 1 is 1.05 bits per heavy atom. The highest BCUT2D eigenvalue weighted by molar-refractivity contribution is 5.24. The zero-order valence-electron chi connectivity index (χ0n) is 9.22. The van der Waals surface area contributed by atoms with Crippen molar-refractivity contribution in [3.8, 4) is 0 Å². The van der Waals surface area contributed by atoms with Gasteiger partial charge in [-0.2, -0.15) is 0 Å². The van der Waals surface area contributed by atoms with E-state index in [4.69, 9.17) is 0 Å². The van der Waals surface area contributed by atoms with Gasteiger partial charge in [0.1, 0.15) is 11.6 Å². The number of pyridine rings is 2. The van der Waals surface area contributed by atoms with E-state index in [0.29, 0.717) is 6.07 Å². The van der Waals surface area contributed by atoms with Crippen molar-refractivity contribution in [1.82, 2.24) is 9.97 Å². The van der Waals surface area contributed by atoms with Gasteiger partial charge in [0.15, 0.2) is 0 Å². The first-order valence-electron chi connectivity index (χ1n) is 4.77. The van der Waals surface area contributed by atoms with Crippen LogP contribution in [-0.2, 0) is 0 Å². The maximum absolute atomic E-state index is 12.2. The Morgan fingerprint density at radius 3 is 2.11 bits per heavy atom. The van der Waals surface area contributed by atoms with Gasteiger partial charge >= 0.3 is 11.2 Å². The van der Waals surface area contributed by atoms with E-state index in [1.807, 2.05) is 4.98 Å². The first-order valence-corrected chi connectivity index (χ1v) is 4.77. The van der Waals surface area contributed by atoms with Gasteiger partial charge in [-0.1, -0.05) is 0 Å². The molecule has 0 aliphatic carbocycles. The van der Waals surface area contributed by atoms with Crippen LogP contribution in [0.15, 0.2) is 40.2 Å². The van der Waals surface area contributed by atoms with Crippen LogP contribution >= 0.6 is 0 Å². The van der Waals surface area contributed by atoms with Gasteiger partial charge in [-0.15, -0.1) is 0 Å². The van der Waals surface area contributed by atoms with Gasteiger partial charge in [0, 0.05) is 18.5 Å². The Labute approximate surface area is 103 Å². The van der Waals surface area contributed by atoms with Crippen LogP contribution in [0.2, 0.25) is 0 Å². The van der Waals surface area contributed by atoms with Crippen LogP contribution in [0.25, 0.3) is 0 Å². The van der Waals surface area contributed by atoms with Crippen molar-refractivity contribution in [2.45, 2.75) is 0 Å². The minimum Gasteiger partial charge on any atom is -0.326 e. The molecule has 19 heavy (non-hydrogen) atoms. The topological polar surface area (TPSA) is 109 Å². The van der Waals surface area contributed by atoms with Crippen molar-refractivity contribution in [2.24, 2.45) is 0 Å². The highest BCUT2D eigenvalue weighted by Gasteiger charge is 2.11. The Hall–Kier alpha value is -2.84. The van der Waals surface area contributed by atoms with Gasteiger partial charge in [-0.3, -0.25) is 19.7 Å². The van der Waals surface area contributed by atoms with Crippen LogP contribution in [0, 0.1) is 21.7 Å². The Balaban J connectivity index is 0.000000200. The largest absolute Gasteiger partial charge is 0.336 e. The van der Waals surface area contributed by atoms with E-state index in [-0.39, 0.29) is 5.56 Å². The van der Waals surface area contributed by atoms with E-state index >= 15 is 0 Å². The molecule has 2 heterocycles. The van der Waals surface area contributed by atoms with Gasteiger partial charge in [0.05, 0.1) is 11.0 Å². The minimum atomic E-state index is -0.943. The molecule has 0 aliphatic rings. The maximum Gasteiger partial charge on any atom is 0.336 e. The lowest BCUT2D eigenvalue weighted by molar-refractivity contribution is -0.386. The second-order valence-corrected chi connectivity index (χ2v) is 3.16. The molecule has 0 aliphatic heterocycles. The second-order valence-electron chi connectivity index (χ2n) is 3.16. The number of aromatic nitrogens is 2. The predicted molar refractivity (Wildman–Crippen MR) is 60.7 cm³/mol. The molecule has 2 N–H and O–H groups in total. The van der Waals surface area contributed by atoms with Crippen LogP contribution in [0.1, 0.15) is 0 Å². The fourth-order valence-electron chi connectivity index (χ4n) is 0.973. The normalized spacial score (nSPS) is 9.37. The molecule has 0 saturated heterocycles. The molecule has 0 bridgehead atoms. The molecular formula is C10H7F2N3O4. The van der Waals surface area contributed by atoms with Gasteiger partial charge < -0.3 is 9.97 Å². The van der Waals surface area contributed by atoms with Gasteiger partial charge in [-0.05, 0) is 6.07 Å². The van der Waals surface area contributed by atoms with E-state index in [0.717, 1.165) is 24.5 Å². The summed E-state index contributed by atoms with van der Waals surface area (Å²) in [6.07, 6.45) is 1.78. The summed E-state index contributed by atoms with van der Waals surface area (Å²) in [6, 6.07) is 2.81. The molecule has 0 atom stereocenters. The summed E-state index contributed by atoms with van der Waals surface area (Å²) < 4.78 is 24.1. The van der Waals surface area contributed by atoms with Crippen LogP contribution < -0.4 is 11.1 Å². The summed E-state index contributed by atoms with van der Waals surface area (Å²) in [5, 5.41) is 9.99. The SMILES string of the molecule is O=c1[nH]cc(F)cc1[N+](=O)[O-].O=c1ccc(F)c[nH]1. The van der Waals surface area contributed by atoms with Crippen LogP contribution in [0.3, 0.4) is 0 Å². The van der Waals surface area contributed by atoms with Gasteiger partial charge in [0.25, 0.3) is 0 Å². The van der Waals surface area contributed by atoms with Crippen molar-refractivity contribution in [1.29, 1.82) is 0 Å². The average molecular weight is 271 g/mol. The van der Waals surface area contributed by atoms with Gasteiger partial charge in [-0.25, -0.2) is 8.78 Å². The number of aromatic amines is 2. The number of H-pyrrole nitrogens is 2. The summed E-state index contributed by atoms with van der Waals surface area (Å²) >= 11 is 0. The number of rotatable bonds is 1. The number of nitro groups is 1. The van der Waals surface area contributed by atoms with Crippen molar-refractivity contribution in [3.63, 3.8) is 0 Å². The van der Waals surface area contributed by atoms with E-state index in [1.165, 1.54) is 0 Å². The molecule has 7 nitrogen and oxygen atoms in total. The smallest absolute Gasteiger partial charge is 0.326 e. The molecule has 100 valence electrons. The molecule has 0 fully saturated rings. The standard InChI is InChI=1S/C5H3FN2O3.C5H4FNO/c6-3-1-4(8(10)11)5(9)7-2-3;6-4-1-2-5(8)7-3-4/h1-2H,(H,7,9);1-3H,(H,7,8). The zero-order chi connectivity index (χ0) is 14.4. The van der Waals surface area contributed by atoms with Crippen LogP contribution in [-0.4, -0.2) is 14.9 Å². The van der Waals surface area contributed by atoms with E-state index in [9.17, 15) is 28.5 Å². The van der Waals surface area contributed by atoms with Crippen LogP contribution in [0.5, 0.6) is 0 Å². The number of hydrogen-bond donors (Lipinski definition) is 2. The maximum atomic E-state index is 12.2. The van der Waals surface area contributed by atoms with E-state index in [1.54, 1.807) is 0 Å². The molecule has 9 heteroatoms. The lowest BCUT2D eigenvalue weighted by Gasteiger charge is -1.88. The highest BCUT2D eigenvalue weighted by Crippen LogP contribution is 2.03. The molecule has 0 unspecified atom stereocenters. The molecule has 0 saturated carbocycles. The molecule has 0 radical (unpaired) electrons. The summed E-state index contributed by atoms with van der Waals surface area (Å²) in [6.45, 7) is 0. The lowest BCUT2D eigenvalue weighted by Crippen LogP contribution is -2.10. The summed E-state index contributed by atoms with van der Waals surface area (Å²) in [7, 11) is 0. The molecular weight excluding hydrogens is 264 g/mol. The second kappa shape index (κ2) is 6.19. The third-order valence-electron chi connectivity index (χ3n) is 1.79.